The highest BCUT2D eigenvalue weighted by Gasteiger charge is 2.20. The molecular formula is C20H17NO3S2. The SMILES string of the molecule is C[C@@H](OC(=O)c1ccsc1)C(=O)Nc1ccccc1Sc1ccccc1. The van der Waals surface area contributed by atoms with Crippen LogP contribution in [0.25, 0.3) is 0 Å². The van der Waals surface area contributed by atoms with E-state index >= 15 is 0 Å². The van der Waals surface area contributed by atoms with E-state index in [1.165, 1.54) is 11.3 Å². The summed E-state index contributed by atoms with van der Waals surface area (Å²) in [7, 11) is 0. The third-order valence-electron chi connectivity index (χ3n) is 3.53. The number of benzene rings is 2. The number of anilines is 1. The van der Waals surface area contributed by atoms with Crippen molar-refractivity contribution in [1.29, 1.82) is 0 Å². The van der Waals surface area contributed by atoms with E-state index in [9.17, 15) is 9.59 Å². The Kier molecular flexibility index (Phi) is 6.09. The quantitative estimate of drug-likeness (QED) is 0.603. The summed E-state index contributed by atoms with van der Waals surface area (Å²) in [4.78, 5) is 26.4. The van der Waals surface area contributed by atoms with Crippen molar-refractivity contribution < 1.29 is 14.3 Å². The molecule has 0 fully saturated rings. The largest absolute Gasteiger partial charge is 0.449 e. The van der Waals surface area contributed by atoms with Crippen molar-refractivity contribution in [2.24, 2.45) is 0 Å². The lowest BCUT2D eigenvalue weighted by Gasteiger charge is -2.15. The first-order valence-corrected chi connectivity index (χ1v) is 9.75. The van der Waals surface area contributed by atoms with Gasteiger partial charge in [-0.1, -0.05) is 42.1 Å². The summed E-state index contributed by atoms with van der Waals surface area (Å²) in [6, 6.07) is 19.1. The van der Waals surface area contributed by atoms with Gasteiger partial charge in [0.15, 0.2) is 6.10 Å². The van der Waals surface area contributed by atoms with Crippen molar-refractivity contribution in [2.75, 3.05) is 5.32 Å². The van der Waals surface area contributed by atoms with Gasteiger partial charge in [0.2, 0.25) is 0 Å². The minimum absolute atomic E-state index is 0.366. The zero-order chi connectivity index (χ0) is 18.4. The van der Waals surface area contributed by atoms with E-state index in [0.717, 1.165) is 9.79 Å². The Labute approximate surface area is 160 Å². The molecule has 0 saturated carbocycles. The van der Waals surface area contributed by atoms with E-state index in [1.54, 1.807) is 35.5 Å². The van der Waals surface area contributed by atoms with Crippen LogP contribution in [0.5, 0.6) is 0 Å². The molecule has 0 unspecified atom stereocenters. The average molecular weight is 383 g/mol. The van der Waals surface area contributed by atoms with E-state index in [4.69, 9.17) is 4.74 Å². The van der Waals surface area contributed by atoms with Crippen LogP contribution in [0.4, 0.5) is 5.69 Å². The molecule has 2 aromatic carbocycles. The molecule has 1 atom stereocenters. The Bertz CT molecular complexity index is 879. The molecule has 0 aliphatic heterocycles. The molecular weight excluding hydrogens is 366 g/mol. The number of carbonyl (C=O) groups excluding carboxylic acids is 2. The number of ether oxygens (including phenoxy) is 1. The third kappa shape index (κ3) is 4.74. The highest BCUT2D eigenvalue weighted by molar-refractivity contribution is 7.99. The molecule has 6 heteroatoms. The second kappa shape index (κ2) is 8.69. The lowest BCUT2D eigenvalue weighted by molar-refractivity contribution is -0.123. The van der Waals surface area contributed by atoms with Crippen LogP contribution >= 0.6 is 23.1 Å². The smallest absolute Gasteiger partial charge is 0.339 e. The van der Waals surface area contributed by atoms with Gasteiger partial charge >= 0.3 is 5.97 Å². The lowest BCUT2D eigenvalue weighted by atomic mass is 10.3. The Morgan fingerprint density at radius 2 is 1.77 bits per heavy atom. The van der Waals surface area contributed by atoms with Crippen LogP contribution in [0.2, 0.25) is 0 Å². The predicted molar refractivity (Wildman–Crippen MR) is 105 cm³/mol. The summed E-state index contributed by atoms with van der Waals surface area (Å²) in [6.45, 7) is 1.56. The van der Waals surface area contributed by atoms with Gasteiger partial charge in [-0.05, 0) is 42.6 Å². The first-order chi connectivity index (χ1) is 12.6. The van der Waals surface area contributed by atoms with Crippen molar-refractivity contribution >= 4 is 40.7 Å². The van der Waals surface area contributed by atoms with Crippen LogP contribution < -0.4 is 5.32 Å². The molecule has 1 heterocycles. The van der Waals surface area contributed by atoms with Crippen molar-refractivity contribution in [3.8, 4) is 0 Å². The molecule has 132 valence electrons. The zero-order valence-electron chi connectivity index (χ0n) is 14.0. The number of nitrogens with one attached hydrogen (secondary N) is 1. The fourth-order valence-corrected chi connectivity index (χ4v) is 3.72. The van der Waals surface area contributed by atoms with Gasteiger partial charge in [0, 0.05) is 15.2 Å². The standard InChI is InChI=1S/C20H17NO3S2/c1-14(24-20(23)15-11-12-25-13-15)19(22)21-17-9-5-6-10-18(17)26-16-7-3-2-4-8-16/h2-14H,1H3,(H,21,22)/t14-/m1/s1. The molecule has 0 radical (unpaired) electrons. The highest BCUT2D eigenvalue weighted by atomic mass is 32.2. The van der Waals surface area contributed by atoms with Gasteiger partial charge in [-0.3, -0.25) is 4.79 Å². The van der Waals surface area contributed by atoms with Gasteiger partial charge in [-0.15, -0.1) is 0 Å². The van der Waals surface area contributed by atoms with Gasteiger partial charge in [0.05, 0.1) is 11.3 Å². The maximum absolute atomic E-state index is 12.4. The number of hydrogen-bond acceptors (Lipinski definition) is 5. The van der Waals surface area contributed by atoms with E-state index < -0.39 is 12.1 Å². The summed E-state index contributed by atoms with van der Waals surface area (Å²) in [5, 5.41) is 6.33. The monoisotopic (exact) mass is 383 g/mol. The second-order valence-corrected chi connectivity index (χ2v) is 7.36. The number of thiophene rings is 1. The van der Waals surface area contributed by atoms with Gasteiger partial charge in [-0.25, -0.2) is 4.79 Å². The van der Waals surface area contributed by atoms with Crippen molar-refractivity contribution in [2.45, 2.75) is 22.8 Å². The zero-order valence-corrected chi connectivity index (χ0v) is 15.7. The van der Waals surface area contributed by atoms with Gasteiger partial charge in [-0.2, -0.15) is 11.3 Å². The summed E-state index contributed by atoms with van der Waals surface area (Å²) in [5.74, 6) is -0.865. The van der Waals surface area contributed by atoms with Crippen molar-refractivity contribution in [1.82, 2.24) is 0 Å². The second-order valence-electron chi connectivity index (χ2n) is 5.46. The summed E-state index contributed by atoms with van der Waals surface area (Å²) in [6.07, 6.45) is -0.891. The number of hydrogen-bond donors (Lipinski definition) is 1. The summed E-state index contributed by atoms with van der Waals surface area (Å²) < 4.78 is 5.24. The van der Waals surface area contributed by atoms with Crippen molar-refractivity contribution in [3.63, 3.8) is 0 Å². The van der Waals surface area contributed by atoms with E-state index in [2.05, 4.69) is 5.32 Å². The first kappa shape index (κ1) is 18.2. The number of amides is 1. The highest BCUT2D eigenvalue weighted by Crippen LogP contribution is 2.33. The number of rotatable bonds is 6. The first-order valence-electron chi connectivity index (χ1n) is 7.99. The molecule has 0 aliphatic carbocycles. The van der Waals surface area contributed by atoms with Crippen LogP contribution in [0.15, 0.2) is 81.2 Å². The third-order valence-corrected chi connectivity index (χ3v) is 5.29. The molecule has 4 nitrogen and oxygen atoms in total. The molecule has 3 aromatic rings. The fraction of sp³-hybridized carbons (Fsp3) is 0.100. The van der Waals surface area contributed by atoms with Crippen LogP contribution in [0.1, 0.15) is 17.3 Å². The topological polar surface area (TPSA) is 55.4 Å². The maximum atomic E-state index is 12.4. The average Bonchev–Trinajstić information content (AvgIpc) is 3.19. The maximum Gasteiger partial charge on any atom is 0.339 e. The van der Waals surface area contributed by atoms with E-state index in [-0.39, 0.29) is 5.91 Å². The van der Waals surface area contributed by atoms with Crippen LogP contribution in [-0.2, 0) is 9.53 Å². The molecule has 0 spiro atoms. The van der Waals surface area contributed by atoms with Crippen LogP contribution in [0.3, 0.4) is 0 Å². The molecule has 1 aromatic heterocycles. The minimum atomic E-state index is -0.891. The number of esters is 1. The van der Waals surface area contributed by atoms with E-state index in [1.807, 2.05) is 54.6 Å². The van der Waals surface area contributed by atoms with Crippen LogP contribution in [0, 0.1) is 0 Å². The predicted octanol–water partition coefficient (Wildman–Crippen LogP) is 5.08. The molecule has 0 aliphatic rings. The van der Waals surface area contributed by atoms with Gasteiger partial charge < -0.3 is 10.1 Å². The van der Waals surface area contributed by atoms with Crippen molar-refractivity contribution in [3.05, 3.63) is 77.0 Å². The Morgan fingerprint density at radius 3 is 2.50 bits per heavy atom. The molecule has 0 bridgehead atoms. The summed E-state index contributed by atoms with van der Waals surface area (Å²) >= 11 is 2.96. The van der Waals surface area contributed by atoms with Gasteiger partial charge in [0.25, 0.3) is 5.91 Å². The number of carbonyl (C=O) groups is 2. The fourth-order valence-electron chi connectivity index (χ4n) is 2.17. The molecule has 1 N–H and O–H groups in total. The molecule has 1 amide bonds. The van der Waals surface area contributed by atoms with Crippen LogP contribution in [-0.4, -0.2) is 18.0 Å². The Hall–Kier alpha value is -2.57. The van der Waals surface area contributed by atoms with E-state index in [0.29, 0.717) is 11.3 Å². The van der Waals surface area contributed by atoms with Gasteiger partial charge in [0.1, 0.15) is 0 Å². The lowest BCUT2D eigenvalue weighted by Crippen LogP contribution is -2.30. The number of para-hydroxylation sites is 1. The normalized spacial score (nSPS) is 11.6. The minimum Gasteiger partial charge on any atom is -0.449 e. The molecule has 26 heavy (non-hydrogen) atoms. The Balaban J connectivity index is 1.66. The molecule has 0 saturated heterocycles. The summed E-state index contributed by atoms with van der Waals surface area (Å²) in [5.41, 5.74) is 1.14. The Morgan fingerprint density at radius 1 is 1.04 bits per heavy atom. The molecule has 3 rings (SSSR count).